The predicted octanol–water partition coefficient (Wildman–Crippen LogP) is 1.87. The number of nitrogens with one attached hydrogen (secondary N) is 2. The molecule has 1 aliphatic rings. The van der Waals surface area contributed by atoms with Crippen LogP contribution in [0.3, 0.4) is 0 Å². The van der Waals surface area contributed by atoms with E-state index < -0.39 is 0 Å². The van der Waals surface area contributed by atoms with Gasteiger partial charge < -0.3 is 15.5 Å². The van der Waals surface area contributed by atoms with Crippen LogP contribution < -0.4 is 10.6 Å². The first-order chi connectivity index (χ1) is 13.5. The molecule has 2 aromatic carbocycles. The van der Waals surface area contributed by atoms with Crippen LogP contribution in [0.5, 0.6) is 0 Å². The molecule has 2 N–H and O–H groups in total. The van der Waals surface area contributed by atoms with Crippen molar-refractivity contribution in [3.05, 3.63) is 65.7 Å². The summed E-state index contributed by atoms with van der Waals surface area (Å²) in [5.74, 6) is -0.759. The molecule has 1 unspecified atom stereocenters. The van der Waals surface area contributed by atoms with Crippen LogP contribution in [0.4, 0.5) is 0 Å². The molecule has 2 aromatic rings. The number of carbonyl (C=O) groups excluding carboxylic acids is 3. The molecule has 0 aliphatic carbocycles. The van der Waals surface area contributed by atoms with Gasteiger partial charge in [-0.15, -0.1) is 12.6 Å². The summed E-state index contributed by atoms with van der Waals surface area (Å²) in [4.78, 5) is 38.9. The number of thiol groups is 1. The Morgan fingerprint density at radius 2 is 1.68 bits per heavy atom. The van der Waals surface area contributed by atoms with E-state index in [2.05, 4.69) is 23.3 Å². The van der Waals surface area contributed by atoms with E-state index in [9.17, 15) is 14.4 Å². The number of amides is 3. The van der Waals surface area contributed by atoms with Crippen molar-refractivity contribution in [3.8, 4) is 0 Å². The minimum atomic E-state index is -0.356. The lowest BCUT2D eigenvalue weighted by molar-refractivity contribution is -0.129. The number of hydrogen-bond donors (Lipinski definition) is 3. The first-order valence-corrected chi connectivity index (χ1v) is 9.65. The van der Waals surface area contributed by atoms with Crippen molar-refractivity contribution in [3.63, 3.8) is 0 Å². The third-order valence-corrected chi connectivity index (χ3v) is 5.05. The third kappa shape index (κ3) is 5.13. The van der Waals surface area contributed by atoms with Crippen LogP contribution in [-0.4, -0.2) is 42.3 Å². The van der Waals surface area contributed by atoms with Crippen LogP contribution in [0, 0.1) is 5.92 Å². The number of carbonyl (C=O) groups is 3. The molecule has 1 saturated heterocycles. The topological polar surface area (TPSA) is 78.5 Å². The number of hydrogen-bond acceptors (Lipinski definition) is 4. The smallest absolute Gasteiger partial charge is 0.252 e. The fourth-order valence-corrected chi connectivity index (χ4v) is 3.43. The Kier molecular flexibility index (Phi) is 6.71. The molecule has 1 heterocycles. The average molecular weight is 398 g/mol. The molecule has 1 fully saturated rings. The highest BCUT2D eigenvalue weighted by Gasteiger charge is 2.33. The molecule has 0 aromatic heterocycles. The minimum Gasteiger partial charge on any atom is -0.354 e. The summed E-state index contributed by atoms with van der Waals surface area (Å²) < 4.78 is 0. The molecule has 7 heteroatoms. The second-order valence-electron chi connectivity index (χ2n) is 6.72. The van der Waals surface area contributed by atoms with Gasteiger partial charge in [0, 0.05) is 37.5 Å². The molecule has 146 valence electrons. The third-order valence-electron chi connectivity index (χ3n) is 4.66. The second kappa shape index (κ2) is 9.41. The van der Waals surface area contributed by atoms with Crippen molar-refractivity contribution in [1.29, 1.82) is 0 Å². The monoisotopic (exact) mass is 397 g/mol. The molecule has 3 amide bonds. The highest BCUT2D eigenvalue weighted by atomic mass is 32.1. The van der Waals surface area contributed by atoms with Gasteiger partial charge in [-0.1, -0.05) is 42.5 Å². The number of benzene rings is 2. The summed E-state index contributed by atoms with van der Waals surface area (Å²) in [6.07, 6.45) is 0.220. The highest BCUT2D eigenvalue weighted by molar-refractivity contribution is 7.80. The van der Waals surface area contributed by atoms with Gasteiger partial charge in [-0.25, -0.2) is 0 Å². The molecule has 1 aliphatic heterocycles. The van der Waals surface area contributed by atoms with Crippen LogP contribution in [0.1, 0.15) is 22.3 Å². The van der Waals surface area contributed by atoms with Gasteiger partial charge in [0.2, 0.25) is 11.8 Å². The van der Waals surface area contributed by atoms with Gasteiger partial charge in [-0.3, -0.25) is 14.4 Å². The molecule has 0 spiro atoms. The largest absolute Gasteiger partial charge is 0.354 e. The SMILES string of the molecule is O=C(NCCNC(=O)C1CC(=O)N(Cc2ccccc2)C1)c1ccccc1S. The van der Waals surface area contributed by atoms with Gasteiger partial charge in [-0.05, 0) is 17.7 Å². The lowest BCUT2D eigenvalue weighted by Gasteiger charge is -2.16. The van der Waals surface area contributed by atoms with Crippen molar-refractivity contribution >= 4 is 30.4 Å². The van der Waals surface area contributed by atoms with Crippen molar-refractivity contribution in [1.82, 2.24) is 15.5 Å². The molecule has 6 nitrogen and oxygen atoms in total. The van der Waals surface area contributed by atoms with E-state index in [-0.39, 0.29) is 30.1 Å². The minimum absolute atomic E-state index is 0.0114. The lowest BCUT2D eigenvalue weighted by atomic mass is 10.1. The summed E-state index contributed by atoms with van der Waals surface area (Å²) in [5, 5.41) is 5.56. The Morgan fingerprint density at radius 1 is 1.00 bits per heavy atom. The summed E-state index contributed by atoms with van der Waals surface area (Å²) in [7, 11) is 0. The summed E-state index contributed by atoms with van der Waals surface area (Å²) in [6, 6.07) is 16.7. The second-order valence-corrected chi connectivity index (χ2v) is 7.21. The van der Waals surface area contributed by atoms with E-state index in [1.807, 2.05) is 36.4 Å². The maximum Gasteiger partial charge on any atom is 0.252 e. The zero-order chi connectivity index (χ0) is 19.9. The average Bonchev–Trinajstić information content (AvgIpc) is 3.06. The molecule has 0 radical (unpaired) electrons. The van der Waals surface area contributed by atoms with Gasteiger partial charge in [0.25, 0.3) is 5.91 Å². The molecule has 3 rings (SSSR count). The Bertz CT molecular complexity index is 857. The maximum absolute atomic E-state index is 12.3. The molecular formula is C21H23N3O3S. The van der Waals surface area contributed by atoms with Crippen LogP contribution in [0.2, 0.25) is 0 Å². The molecular weight excluding hydrogens is 374 g/mol. The van der Waals surface area contributed by atoms with Crippen LogP contribution in [0.15, 0.2) is 59.5 Å². The van der Waals surface area contributed by atoms with Gasteiger partial charge in [0.1, 0.15) is 0 Å². The number of nitrogens with zero attached hydrogens (tertiary/aromatic N) is 1. The van der Waals surface area contributed by atoms with E-state index in [4.69, 9.17) is 0 Å². The first-order valence-electron chi connectivity index (χ1n) is 9.20. The van der Waals surface area contributed by atoms with Gasteiger partial charge in [0.15, 0.2) is 0 Å². The molecule has 0 bridgehead atoms. The molecule has 1 atom stereocenters. The Balaban J connectivity index is 1.41. The summed E-state index contributed by atoms with van der Waals surface area (Å²) in [5.41, 5.74) is 1.54. The van der Waals surface area contributed by atoms with Crippen molar-refractivity contribution in [2.24, 2.45) is 5.92 Å². The van der Waals surface area contributed by atoms with E-state index in [0.29, 0.717) is 36.6 Å². The van der Waals surface area contributed by atoms with Crippen LogP contribution in [0.25, 0.3) is 0 Å². The molecule has 0 saturated carbocycles. The van der Waals surface area contributed by atoms with Crippen LogP contribution >= 0.6 is 12.6 Å². The van der Waals surface area contributed by atoms with Crippen molar-refractivity contribution in [2.45, 2.75) is 17.9 Å². The van der Waals surface area contributed by atoms with E-state index in [1.165, 1.54) is 0 Å². The highest BCUT2D eigenvalue weighted by Crippen LogP contribution is 2.20. The van der Waals surface area contributed by atoms with Gasteiger partial charge in [0.05, 0.1) is 11.5 Å². The maximum atomic E-state index is 12.3. The van der Waals surface area contributed by atoms with Gasteiger partial charge >= 0.3 is 0 Å². The standard InChI is InChI=1S/C21H23N3O3S/c25-19-12-16(14-24(19)13-15-6-2-1-3-7-15)20(26)22-10-11-23-21(27)17-8-4-5-9-18(17)28/h1-9,16,28H,10-14H2,(H,22,26)(H,23,27). The van der Waals surface area contributed by atoms with Crippen LogP contribution in [-0.2, 0) is 16.1 Å². The summed E-state index contributed by atoms with van der Waals surface area (Å²) >= 11 is 4.26. The van der Waals surface area contributed by atoms with E-state index >= 15 is 0 Å². The van der Waals surface area contributed by atoms with E-state index in [0.717, 1.165) is 5.56 Å². The van der Waals surface area contributed by atoms with Gasteiger partial charge in [-0.2, -0.15) is 0 Å². The predicted molar refractivity (Wildman–Crippen MR) is 109 cm³/mol. The first kappa shape index (κ1) is 19.9. The van der Waals surface area contributed by atoms with Crippen molar-refractivity contribution in [2.75, 3.05) is 19.6 Å². The zero-order valence-electron chi connectivity index (χ0n) is 15.4. The Hall–Kier alpha value is -2.80. The lowest BCUT2D eigenvalue weighted by Crippen LogP contribution is -2.38. The fourth-order valence-electron chi connectivity index (χ4n) is 3.17. The normalized spacial score (nSPS) is 16.1. The Morgan fingerprint density at radius 3 is 2.43 bits per heavy atom. The molecule has 28 heavy (non-hydrogen) atoms. The van der Waals surface area contributed by atoms with Crippen molar-refractivity contribution < 1.29 is 14.4 Å². The van der Waals surface area contributed by atoms with E-state index in [1.54, 1.807) is 23.1 Å². The Labute approximate surface area is 169 Å². The number of rotatable bonds is 7. The number of likely N-dealkylation sites (tertiary alicyclic amines) is 1. The fraction of sp³-hybridized carbons (Fsp3) is 0.286. The quantitative estimate of drug-likeness (QED) is 0.493. The zero-order valence-corrected chi connectivity index (χ0v) is 16.3. The summed E-state index contributed by atoms with van der Waals surface area (Å²) in [6.45, 7) is 1.55.